The van der Waals surface area contributed by atoms with Gasteiger partial charge >= 0.3 is 0 Å². The van der Waals surface area contributed by atoms with Crippen molar-refractivity contribution in [2.45, 2.75) is 44.8 Å². The van der Waals surface area contributed by atoms with Gasteiger partial charge in [-0.15, -0.1) is 0 Å². The van der Waals surface area contributed by atoms with Crippen molar-refractivity contribution in [1.29, 1.82) is 0 Å². The van der Waals surface area contributed by atoms with Crippen LogP contribution in [0.3, 0.4) is 0 Å². The Labute approximate surface area is 172 Å². The van der Waals surface area contributed by atoms with E-state index in [0.29, 0.717) is 24.6 Å². The van der Waals surface area contributed by atoms with Crippen LogP contribution in [-0.2, 0) is 13.1 Å². The quantitative estimate of drug-likeness (QED) is 0.808. The fourth-order valence-electron chi connectivity index (χ4n) is 5.27. The van der Waals surface area contributed by atoms with Gasteiger partial charge in [0.15, 0.2) is 11.4 Å². The summed E-state index contributed by atoms with van der Waals surface area (Å²) in [6, 6.07) is 4.68. The second-order valence-corrected chi connectivity index (χ2v) is 8.72. The number of halogens is 1. The standard InChI is InChI=1S/C22H22FN3O4/c1-12-2-3-14(16(23)6-12)8-24-20(29)15-10-25-11-22-5-4-13(7-22)9-26(22)21(30)17(25)19(28)18(15)27/h2-3,6,10,13,28H,4-5,7-9,11H2,1H3,(H,24,29)/t13-,22+/m0/s1. The molecule has 5 rings (SSSR count). The number of benzene rings is 1. The fourth-order valence-corrected chi connectivity index (χ4v) is 5.27. The summed E-state index contributed by atoms with van der Waals surface area (Å²) in [5.41, 5.74) is -0.441. The zero-order valence-corrected chi connectivity index (χ0v) is 16.6. The van der Waals surface area contributed by atoms with Crippen LogP contribution in [0.2, 0.25) is 0 Å². The van der Waals surface area contributed by atoms with Crippen LogP contribution in [0.25, 0.3) is 0 Å². The second-order valence-electron chi connectivity index (χ2n) is 8.72. The average molecular weight is 411 g/mol. The minimum atomic E-state index is -0.892. The lowest BCUT2D eigenvalue weighted by atomic mass is 9.93. The van der Waals surface area contributed by atoms with Crippen molar-refractivity contribution < 1.29 is 19.1 Å². The Hall–Kier alpha value is -3.16. The number of fused-ring (bicyclic) bond motifs is 2. The van der Waals surface area contributed by atoms with E-state index in [-0.39, 0.29) is 29.2 Å². The molecule has 8 heteroatoms. The van der Waals surface area contributed by atoms with Gasteiger partial charge < -0.3 is 19.9 Å². The molecule has 2 atom stereocenters. The smallest absolute Gasteiger partial charge is 0.275 e. The first-order valence-electron chi connectivity index (χ1n) is 10.1. The third-order valence-corrected chi connectivity index (χ3v) is 6.76. The van der Waals surface area contributed by atoms with Crippen LogP contribution in [0, 0.1) is 18.7 Å². The number of aromatic hydroxyl groups is 1. The van der Waals surface area contributed by atoms with Crippen molar-refractivity contribution in [2.75, 3.05) is 6.54 Å². The van der Waals surface area contributed by atoms with Crippen LogP contribution in [-0.4, -0.2) is 38.5 Å². The maximum absolute atomic E-state index is 14.0. The average Bonchev–Trinajstić information content (AvgIpc) is 3.27. The highest BCUT2D eigenvalue weighted by Gasteiger charge is 2.56. The number of aromatic nitrogens is 1. The molecule has 2 bridgehead atoms. The molecule has 156 valence electrons. The predicted octanol–water partition coefficient (Wildman–Crippen LogP) is 1.94. The van der Waals surface area contributed by atoms with Crippen LogP contribution in [0.1, 0.15) is 51.2 Å². The number of hydrogen-bond acceptors (Lipinski definition) is 4. The molecule has 30 heavy (non-hydrogen) atoms. The molecule has 1 saturated carbocycles. The molecule has 3 aliphatic rings. The number of rotatable bonds is 3. The van der Waals surface area contributed by atoms with Crippen LogP contribution >= 0.6 is 0 Å². The van der Waals surface area contributed by atoms with Crippen molar-refractivity contribution in [2.24, 2.45) is 5.92 Å². The number of amides is 2. The highest BCUT2D eigenvalue weighted by molar-refractivity contribution is 5.99. The third kappa shape index (κ3) is 2.66. The predicted molar refractivity (Wildman–Crippen MR) is 106 cm³/mol. The molecule has 0 radical (unpaired) electrons. The summed E-state index contributed by atoms with van der Waals surface area (Å²) in [5.74, 6) is -1.76. The van der Waals surface area contributed by atoms with Crippen LogP contribution in [0.15, 0.2) is 29.2 Å². The van der Waals surface area contributed by atoms with Gasteiger partial charge in [-0.25, -0.2) is 4.39 Å². The van der Waals surface area contributed by atoms with Gasteiger partial charge in [-0.2, -0.15) is 0 Å². The molecule has 2 aliphatic heterocycles. The number of carbonyl (C=O) groups excluding carboxylic acids is 2. The number of nitrogens with one attached hydrogen (secondary N) is 1. The van der Waals surface area contributed by atoms with Crippen molar-refractivity contribution in [3.05, 3.63) is 62.8 Å². The summed E-state index contributed by atoms with van der Waals surface area (Å²) in [4.78, 5) is 40.1. The van der Waals surface area contributed by atoms with E-state index in [1.807, 2.05) is 0 Å². The molecule has 1 saturated heterocycles. The van der Waals surface area contributed by atoms with E-state index < -0.39 is 22.9 Å². The number of piperidine rings is 1. The zero-order chi connectivity index (χ0) is 21.2. The number of pyridine rings is 1. The normalized spacial score (nSPS) is 24.0. The summed E-state index contributed by atoms with van der Waals surface area (Å²) < 4.78 is 15.6. The molecule has 7 nitrogen and oxygen atoms in total. The first kappa shape index (κ1) is 18.8. The van der Waals surface area contributed by atoms with E-state index in [9.17, 15) is 23.9 Å². The van der Waals surface area contributed by atoms with Gasteiger partial charge in [0.2, 0.25) is 5.43 Å². The van der Waals surface area contributed by atoms with E-state index in [1.54, 1.807) is 28.5 Å². The summed E-state index contributed by atoms with van der Waals surface area (Å²) in [7, 11) is 0. The highest BCUT2D eigenvalue weighted by Crippen LogP contribution is 2.50. The van der Waals surface area contributed by atoms with Crippen molar-refractivity contribution >= 4 is 11.8 Å². The van der Waals surface area contributed by atoms with E-state index in [1.165, 1.54) is 12.3 Å². The largest absolute Gasteiger partial charge is 0.503 e. The number of aryl methyl sites for hydroxylation is 1. The lowest BCUT2D eigenvalue weighted by Gasteiger charge is -2.44. The van der Waals surface area contributed by atoms with Gasteiger partial charge in [0, 0.05) is 31.4 Å². The Balaban J connectivity index is 1.46. The number of carbonyl (C=O) groups is 2. The molecular formula is C22H22FN3O4. The van der Waals surface area contributed by atoms with Crippen molar-refractivity contribution in [3.8, 4) is 5.75 Å². The van der Waals surface area contributed by atoms with Crippen LogP contribution in [0.5, 0.6) is 5.75 Å². The molecule has 2 fully saturated rings. The van der Waals surface area contributed by atoms with E-state index in [2.05, 4.69) is 5.32 Å². The van der Waals surface area contributed by atoms with E-state index in [4.69, 9.17) is 0 Å². The molecule has 1 aromatic carbocycles. The van der Waals surface area contributed by atoms with Gasteiger partial charge in [0.25, 0.3) is 11.8 Å². The number of nitrogens with zero attached hydrogens (tertiary/aromatic N) is 2. The second kappa shape index (κ2) is 6.42. The summed E-state index contributed by atoms with van der Waals surface area (Å²) in [6.45, 7) is 2.77. The van der Waals surface area contributed by atoms with Gasteiger partial charge in [-0.3, -0.25) is 14.4 Å². The molecule has 1 aromatic heterocycles. The van der Waals surface area contributed by atoms with Gasteiger partial charge in [-0.1, -0.05) is 12.1 Å². The Kier molecular flexibility index (Phi) is 4.03. The fraction of sp³-hybridized carbons (Fsp3) is 0.409. The monoisotopic (exact) mass is 411 g/mol. The maximum atomic E-state index is 14.0. The molecule has 1 aliphatic carbocycles. The SMILES string of the molecule is Cc1ccc(CNC(=O)c2cn3c(c(O)c2=O)C(=O)N2C[C@H]4CC[C@@]2(C4)C3)c(F)c1. The minimum Gasteiger partial charge on any atom is -0.503 e. The van der Waals surface area contributed by atoms with Crippen LogP contribution < -0.4 is 10.7 Å². The lowest BCUT2D eigenvalue weighted by Crippen LogP contribution is -2.55. The van der Waals surface area contributed by atoms with E-state index in [0.717, 1.165) is 24.8 Å². The lowest BCUT2D eigenvalue weighted by molar-refractivity contribution is 0.0397. The molecule has 0 unspecified atom stereocenters. The van der Waals surface area contributed by atoms with Crippen molar-refractivity contribution in [1.82, 2.24) is 14.8 Å². The molecule has 1 spiro atoms. The summed E-state index contributed by atoms with van der Waals surface area (Å²) in [6.07, 6.45) is 4.19. The number of hydrogen-bond donors (Lipinski definition) is 2. The topological polar surface area (TPSA) is 91.6 Å². The molecule has 2 N–H and O–H groups in total. The summed E-state index contributed by atoms with van der Waals surface area (Å²) >= 11 is 0. The van der Waals surface area contributed by atoms with Crippen molar-refractivity contribution in [3.63, 3.8) is 0 Å². The Bertz CT molecular complexity index is 1160. The Morgan fingerprint density at radius 3 is 2.90 bits per heavy atom. The molecular weight excluding hydrogens is 389 g/mol. The molecule has 3 heterocycles. The Morgan fingerprint density at radius 1 is 1.37 bits per heavy atom. The van der Waals surface area contributed by atoms with Gasteiger partial charge in [0.05, 0.1) is 5.54 Å². The zero-order valence-electron chi connectivity index (χ0n) is 16.6. The van der Waals surface area contributed by atoms with Crippen LogP contribution in [0.4, 0.5) is 4.39 Å². The first-order valence-corrected chi connectivity index (χ1v) is 10.1. The first-order chi connectivity index (χ1) is 14.3. The minimum absolute atomic E-state index is 0.0562. The highest BCUT2D eigenvalue weighted by atomic mass is 19.1. The van der Waals surface area contributed by atoms with E-state index >= 15 is 0 Å². The Morgan fingerprint density at radius 2 is 2.17 bits per heavy atom. The van der Waals surface area contributed by atoms with Gasteiger partial charge in [-0.05, 0) is 43.7 Å². The molecule has 2 amide bonds. The third-order valence-electron chi connectivity index (χ3n) is 6.76. The van der Waals surface area contributed by atoms with Gasteiger partial charge in [0.1, 0.15) is 11.4 Å². The maximum Gasteiger partial charge on any atom is 0.275 e. The summed E-state index contributed by atoms with van der Waals surface area (Å²) in [5, 5.41) is 13.0. The molecule has 2 aromatic rings.